The molecule has 0 radical (unpaired) electrons. The molecule has 1 heterocycles. The number of aromatic nitrogens is 1. The molecule has 1 aliphatic carbocycles. The summed E-state index contributed by atoms with van der Waals surface area (Å²) in [4.78, 5) is 15.8. The summed E-state index contributed by atoms with van der Waals surface area (Å²) in [7, 11) is 1.62. The monoisotopic (exact) mass is 336 g/mol. The van der Waals surface area contributed by atoms with Crippen molar-refractivity contribution < 1.29 is 14.6 Å². The van der Waals surface area contributed by atoms with Crippen LogP contribution in [-0.4, -0.2) is 29.2 Å². The van der Waals surface area contributed by atoms with Crippen molar-refractivity contribution >= 4 is 16.8 Å². The zero-order valence-corrected chi connectivity index (χ0v) is 14.0. The fourth-order valence-corrected chi connectivity index (χ4v) is 3.67. The Morgan fingerprint density at radius 3 is 2.96 bits per heavy atom. The van der Waals surface area contributed by atoms with Gasteiger partial charge in [-0.05, 0) is 28.8 Å². The van der Waals surface area contributed by atoms with Crippen LogP contribution >= 0.6 is 0 Å². The number of rotatable bonds is 4. The summed E-state index contributed by atoms with van der Waals surface area (Å²) >= 11 is 0. The summed E-state index contributed by atoms with van der Waals surface area (Å²) in [5.41, 5.74) is 3.91. The van der Waals surface area contributed by atoms with Gasteiger partial charge in [-0.25, -0.2) is 0 Å². The lowest BCUT2D eigenvalue weighted by atomic mass is 10.1. The van der Waals surface area contributed by atoms with E-state index in [1.807, 2.05) is 48.7 Å². The standard InChI is InChI=1S/C20H20N2O3/c1-25-17-8-4-7-15-19(17)13(11-21-15)10-18(24)22-20-14-6-3-2-5-12(14)9-16(20)23/h2-8,11,16,20-21,23H,9-10H2,1H3,(H,22,24)/t16-,20+/m1/s1. The molecule has 0 fully saturated rings. The molecule has 0 saturated heterocycles. The normalized spacial score (nSPS) is 19.0. The highest BCUT2D eigenvalue weighted by Crippen LogP contribution is 2.32. The molecular formula is C20H20N2O3. The molecule has 3 N–H and O–H groups in total. The van der Waals surface area contributed by atoms with Crippen LogP contribution in [0.3, 0.4) is 0 Å². The first-order valence-corrected chi connectivity index (χ1v) is 8.35. The smallest absolute Gasteiger partial charge is 0.225 e. The number of carbonyl (C=O) groups is 1. The van der Waals surface area contributed by atoms with Gasteiger partial charge in [0.25, 0.3) is 0 Å². The number of amides is 1. The molecule has 0 spiro atoms. The quantitative estimate of drug-likeness (QED) is 0.685. The van der Waals surface area contributed by atoms with Crippen LogP contribution in [0, 0.1) is 0 Å². The van der Waals surface area contributed by atoms with Gasteiger partial charge < -0.3 is 20.1 Å². The zero-order valence-electron chi connectivity index (χ0n) is 14.0. The molecular weight excluding hydrogens is 316 g/mol. The van der Waals surface area contributed by atoms with Gasteiger partial charge in [0, 0.05) is 23.5 Å². The SMILES string of the molecule is COc1cccc2[nH]cc(CC(=O)N[C@H]3c4ccccc4C[C@H]3O)c12. The lowest BCUT2D eigenvalue weighted by Crippen LogP contribution is -2.34. The van der Waals surface area contributed by atoms with Crippen molar-refractivity contribution in [1.29, 1.82) is 0 Å². The molecule has 1 aliphatic rings. The molecule has 2 aromatic carbocycles. The Morgan fingerprint density at radius 2 is 2.12 bits per heavy atom. The maximum absolute atomic E-state index is 12.6. The van der Waals surface area contributed by atoms with Crippen LogP contribution in [0.5, 0.6) is 5.75 Å². The number of aliphatic hydroxyl groups excluding tert-OH is 1. The highest BCUT2D eigenvalue weighted by Gasteiger charge is 2.31. The summed E-state index contributed by atoms with van der Waals surface area (Å²) in [5.74, 6) is 0.625. The van der Waals surface area contributed by atoms with Crippen LogP contribution in [-0.2, 0) is 17.6 Å². The molecule has 1 amide bonds. The fraction of sp³-hybridized carbons (Fsp3) is 0.250. The summed E-state index contributed by atoms with van der Waals surface area (Å²) in [6, 6.07) is 13.2. The van der Waals surface area contributed by atoms with E-state index >= 15 is 0 Å². The Hall–Kier alpha value is -2.79. The number of carbonyl (C=O) groups excluding carboxylic acids is 1. The van der Waals surface area contributed by atoms with E-state index in [2.05, 4.69) is 10.3 Å². The molecule has 0 aliphatic heterocycles. The molecule has 0 unspecified atom stereocenters. The molecule has 1 aromatic heterocycles. The number of benzene rings is 2. The highest BCUT2D eigenvalue weighted by molar-refractivity contribution is 5.93. The zero-order chi connectivity index (χ0) is 17.4. The van der Waals surface area contributed by atoms with Crippen molar-refractivity contribution in [1.82, 2.24) is 10.3 Å². The van der Waals surface area contributed by atoms with Crippen molar-refractivity contribution in [3.63, 3.8) is 0 Å². The van der Waals surface area contributed by atoms with Crippen molar-refractivity contribution in [2.45, 2.75) is 25.0 Å². The van der Waals surface area contributed by atoms with Crippen molar-refractivity contribution in [3.05, 3.63) is 65.4 Å². The lowest BCUT2D eigenvalue weighted by molar-refractivity contribution is -0.121. The summed E-state index contributed by atoms with van der Waals surface area (Å²) in [6.07, 6.45) is 2.05. The van der Waals surface area contributed by atoms with Gasteiger partial charge in [0.05, 0.1) is 25.7 Å². The van der Waals surface area contributed by atoms with Crippen LogP contribution in [0.2, 0.25) is 0 Å². The van der Waals surface area contributed by atoms with Crippen LogP contribution in [0.15, 0.2) is 48.7 Å². The first kappa shape index (κ1) is 15.7. The Labute approximate surface area is 145 Å². The summed E-state index contributed by atoms with van der Waals surface area (Å²) < 4.78 is 5.41. The van der Waals surface area contributed by atoms with Crippen molar-refractivity contribution in [2.75, 3.05) is 7.11 Å². The minimum Gasteiger partial charge on any atom is -0.496 e. The third kappa shape index (κ3) is 2.76. The number of methoxy groups -OCH3 is 1. The molecule has 5 nitrogen and oxygen atoms in total. The lowest BCUT2D eigenvalue weighted by Gasteiger charge is -2.18. The average molecular weight is 336 g/mol. The first-order chi connectivity index (χ1) is 12.2. The second-order valence-electron chi connectivity index (χ2n) is 6.39. The van der Waals surface area contributed by atoms with E-state index in [9.17, 15) is 9.90 Å². The Morgan fingerprint density at radius 1 is 1.28 bits per heavy atom. The highest BCUT2D eigenvalue weighted by atomic mass is 16.5. The molecule has 25 heavy (non-hydrogen) atoms. The molecule has 4 rings (SSSR count). The summed E-state index contributed by atoms with van der Waals surface area (Å²) in [6.45, 7) is 0. The molecule has 0 bridgehead atoms. The number of hydrogen-bond acceptors (Lipinski definition) is 3. The third-order valence-electron chi connectivity index (χ3n) is 4.84. The number of aromatic amines is 1. The fourth-order valence-electron chi connectivity index (χ4n) is 3.67. The van der Waals surface area contributed by atoms with Crippen molar-refractivity contribution in [3.8, 4) is 5.75 Å². The maximum Gasteiger partial charge on any atom is 0.225 e. The number of fused-ring (bicyclic) bond motifs is 2. The number of aliphatic hydroxyl groups is 1. The Balaban J connectivity index is 1.56. The van der Waals surface area contributed by atoms with E-state index in [1.165, 1.54) is 0 Å². The third-order valence-corrected chi connectivity index (χ3v) is 4.84. The maximum atomic E-state index is 12.6. The number of H-pyrrole nitrogens is 1. The van der Waals surface area contributed by atoms with E-state index in [-0.39, 0.29) is 18.4 Å². The number of ether oxygens (including phenoxy) is 1. The minimum absolute atomic E-state index is 0.118. The van der Waals surface area contributed by atoms with Gasteiger partial charge in [-0.2, -0.15) is 0 Å². The molecule has 2 atom stereocenters. The number of nitrogens with one attached hydrogen (secondary N) is 2. The second-order valence-corrected chi connectivity index (χ2v) is 6.39. The Kier molecular flexibility index (Phi) is 3.93. The van der Waals surface area contributed by atoms with Crippen LogP contribution in [0.4, 0.5) is 0 Å². The Bertz CT molecular complexity index is 932. The summed E-state index contributed by atoms with van der Waals surface area (Å²) in [5, 5.41) is 14.2. The largest absolute Gasteiger partial charge is 0.496 e. The van der Waals surface area contributed by atoms with Crippen LogP contribution < -0.4 is 10.1 Å². The van der Waals surface area contributed by atoms with Gasteiger partial charge in [0.2, 0.25) is 5.91 Å². The minimum atomic E-state index is -0.584. The van der Waals surface area contributed by atoms with Crippen molar-refractivity contribution in [2.24, 2.45) is 0 Å². The first-order valence-electron chi connectivity index (χ1n) is 8.35. The van der Waals surface area contributed by atoms with Crippen LogP contribution in [0.25, 0.3) is 10.9 Å². The van der Waals surface area contributed by atoms with E-state index < -0.39 is 6.10 Å². The van der Waals surface area contributed by atoms with E-state index in [1.54, 1.807) is 7.11 Å². The van der Waals surface area contributed by atoms with Gasteiger partial charge in [0.1, 0.15) is 5.75 Å². The number of hydrogen-bond donors (Lipinski definition) is 3. The predicted molar refractivity (Wildman–Crippen MR) is 95.6 cm³/mol. The van der Waals surface area contributed by atoms with Gasteiger partial charge in [0.15, 0.2) is 0 Å². The van der Waals surface area contributed by atoms with Gasteiger partial charge in [-0.15, -0.1) is 0 Å². The predicted octanol–water partition coefficient (Wildman–Crippen LogP) is 2.49. The van der Waals surface area contributed by atoms with E-state index in [0.717, 1.165) is 33.3 Å². The average Bonchev–Trinajstić information content (AvgIpc) is 3.16. The molecule has 128 valence electrons. The topological polar surface area (TPSA) is 74.4 Å². The molecule has 3 aromatic rings. The van der Waals surface area contributed by atoms with Crippen LogP contribution in [0.1, 0.15) is 22.7 Å². The second kappa shape index (κ2) is 6.26. The van der Waals surface area contributed by atoms with Gasteiger partial charge in [-0.1, -0.05) is 30.3 Å². The molecule has 5 heteroatoms. The molecule has 0 saturated carbocycles. The van der Waals surface area contributed by atoms with E-state index in [0.29, 0.717) is 6.42 Å². The van der Waals surface area contributed by atoms with Gasteiger partial charge in [-0.3, -0.25) is 4.79 Å². The van der Waals surface area contributed by atoms with Gasteiger partial charge >= 0.3 is 0 Å². The van der Waals surface area contributed by atoms with E-state index in [4.69, 9.17) is 4.74 Å².